The normalized spacial score (nSPS) is 17.0. The topological polar surface area (TPSA) is 49.4 Å². The predicted molar refractivity (Wildman–Crippen MR) is 156 cm³/mol. The molecule has 1 saturated heterocycles. The second kappa shape index (κ2) is 11.6. The van der Waals surface area contributed by atoms with E-state index in [2.05, 4.69) is 5.32 Å². The lowest BCUT2D eigenvalue weighted by Crippen LogP contribution is -2.48. The maximum Gasteiger partial charge on any atom is 0.255 e. The first-order chi connectivity index (χ1) is 18.4. The Morgan fingerprint density at radius 2 is 1.45 bits per heavy atom. The maximum absolute atomic E-state index is 13.9. The molecule has 1 aliphatic heterocycles. The molecule has 2 amide bonds. The van der Waals surface area contributed by atoms with Gasteiger partial charge in [-0.1, -0.05) is 108 Å². The van der Waals surface area contributed by atoms with Crippen LogP contribution in [0, 0.1) is 6.92 Å². The largest absolute Gasteiger partial charge is 0.343 e. The van der Waals surface area contributed by atoms with E-state index in [1.54, 1.807) is 40.9 Å². The SMILES string of the molecule is Cc1ccc(C(=O)N2C(C(=O)NC(c3ccccc3)c3ccccc3)CSC2c2ccc(Cl)c(Cl)c2)cc1. The summed E-state index contributed by atoms with van der Waals surface area (Å²) in [5, 5.41) is 3.70. The molecule has 0 bridgehead atoms. The quantitative estimate of drug-likeness (QED) is 0.266. The molecular weight excluding hydrogens is 535 g/mol. The molecular formula is C31H26Cl2N2O2S. The van der Waals surface area contributed by atoms with Crippen LogP contribution in [0.5, 0.6) is 0 Å². The Kier molecular flexibility index (Phi) is 8.08. The average Bonchev–Trinajstić information content (AvgIpc) is 3.39. The molecule has 2 unspecified atom stereocenters. The van der Waals surface area contributed by atoms with E-state index < -0.39 is 6.04 Å². The summed E-state index contributed by atoms with van der Waals surface area (Å²) in [5.41, 5.74) is 4.35. The van der Waals surface area contributed by atoms with Crippen molar-refractivity contribution in [2.75, 3.05) is 5.75 Å². The number of hydrogen-bond acceptors (Lipinski definition) is 3. The van der Waals surface area contributed by atoms with E-state index in [-0.39, 0.29) is 23.2 Å². The fourth-order valence-electron chi connectivity index (χ4n) is 4.61. The van der Waals surface area contributed by atoms with Gasteiger partial charge in [0.2, 0.25) is 5.91 Å². The zero-order valence-electron chi connectivity index (χ0n) is 20.7. The van der Waals surface area contributed by atoms with E-state index >= 15 is 0 Å². The van der Waals surface area contributed by atoms with Gasteiger partial charge in [0.05, 0.1) is 16.1 Å². The number of nitrogens with one attached hydrogen (secondary N) is 1. The van der Waals surface area contributed by atoms with E-state index in [4.69, 9.17) is 23.2 Å². The summed E-state index contributed by atoms with van der Waals surface area (Å²) < 4.78 is 0. The second-order valence-corrected chi connectivity index (χ2v) is 11.1. The van der Waals surface area contributed by atoms with Gasteiger partial charge in [-0.3, -0.25) is 9.59 Å². The van der Waals surface area contributed by atoms with Crippen molar-refractivity contribution in [3.8, 4) is 0 Å². The molecule has 0 saturated carbocycles. The van der Waals surface area contributed by atoms with Gasteiger partial charge in [0.25, 0.3) is 5.91 Å². The van der Waals surface area contributed by atoms with Crippen molar-refractivity contribution in [2.45, 2.75) is 24.4 Å². The molecule has 1 fully saturated rings. The fraction of sp³-hybridized carbons (Fsp3) is 0.161. The summed E-state index contributed by atoms with van der Waals surface area (Å²) >= 11 is 14.0. The number of nitrogens with zero attached hydrogens (tertiary/aromatic N) is 1. The van der Waals surface area contributed by atoms with Gasteiger partial charge in [0, 0.05) is 11.3 Å². The predicted octanol–water partition coefficient (Wildman–Crippen LogP) is 7.46. The minimum Gasteiger partial charge on any atom is -0.343 e. The Hall–Kier alpha value is -3.25. The van der Waals surface area contributed by atoms with E-state index in [9.17, 15) is 9.59 Å². The van der Waals surface area contributed by atoms with E-state index in [1.165, 1.54) is 0 Å². The number of benzene rings is 4. The van der Waals surface area contributed by atoms with Crippen molar-refractivity contribution in [3.05, 3.63) is 141 Å². The third-order valence-corrected chi connectivity index (χ3v) is 8.68. The van der Waals surface area contributed by atoms with Gasteiger partial charge >= 0.3 is 0 Å². The smallest absolute Gasteiger partial charge is 0.255 e. The van der Waals surface area contributed by atoms with Crippen LogP contribution in [0.25, 0.3) is 0 Å². The Labute approximate surface area is 237 Å². The van der Waals surface area contributed by atoms with Crippen LogP contribution in [0.15, 0.2) is 103 Å². The number of rotatable bonds is 6. The third kappa shape index (κ3) is 5.60. The molecule has 4 nitrogen and oxygen atoms in total. The van der Waals surface area contributed by atoms with Crippen LogP contribution < -0.4 is 5.32 Å². The second-order valence-electron chi connectivity index (χ2n) is 9.22. The fourth-order valence-corrected chi connectivity index (χ4v) is 6.34. The van der Waals surface area contributed by atoms with Crippen molar-refractivity contribution < 1.29 is 9.59 Å². The standard InChI is InChI=1S/C31H26Cl2N2O2S/c1-20-12-14-23(15-13-20)30(37)35-27(19-38-31(35)24-16-17-25(32)26(33)18-24)29(36)34-28(21-8-4-2-5-9-21)22-10-6-3-7-11-22/h2-18,27-28,31H,19H2,1H3,(H,34,36). The molecule has 192 valence electrons. The molecule has 4 aromatic rings. The highest BCUT2D eigenvalue weighted by Crippen LogP contribution is 2.44. The summed E-state index contributed by atoms with van der Waals surface area (Å²) in [5.74, 6) is 0.0328. The highest BCUT2D eigenvalue weighted by atomic mass is 35.5. The Balaban J connectivity index is 1.50. The molecule has 1 aliphatic rings. The van der Waals surface area contributed by atoms with Crippen molar-refractivity contribution >= 4 is 46.8 Å². The summed E-state index contributed by atoms with van der Waals surface area (Å²) in [7, 11) is 0. The number of carbonyl (C=O) groups excluding carboxylic acids is 2. The molecule has 4 aromatic carbocycles. The van der Waals surface area contributed by atoms with Gasteiger partial charge in [0.15, 0.2) is 0 Å². The van der Waals surface area contributed by atoms with Crippen molar-refractivity contribution in [2.24, 2.45) is 0 Å². The maximum atomic E-state index is 13.9. The van der Waals surface area contributed by atoms with Gasteiger partial charge in [0.1, 0.15) is 11.4 Å². The minimum atomic E-state index is -0.678. The Morgan fingerprint density at radius 3 is 2.03 bits per heavy atom. The molecule has 0 aromatic heterocycles. The van der Waals surface area contributed by atoms with Crippen LogP contribution in [0.1, 0.15) is 44.0 Å². The monoisotopic (exact) mass is 560 g/mol. The molecule has 38 heavy (non-hydrogen) atoms. The van der Waals surface area contributed by atoms with Crippen LogP contribution in [0.3, 0.4) is 0 Å². The van der Waals surface area contributed by atoms with E-state index in [0.29, 0.717) is 21.4 Å². The molecule has 7 heteroatoms. The summed E-state index contributed by atoms with van der Waals surface area (Å²) in [6, 6.07) is 31.4. The number of thioether (sulfide) groups is 1. The molecule has 1 heterocycles. The number of amides is 2. The first-order valence-electron chi connectivity index (χ1n) is 12.3. The van der Waals surface area contributed by atoms with Crippen LogP contribution >= 0.6 is 35.0 Å². The molecule has 1 N–H and O–H groups in total. The summed E-state index contributed by atoms with van der Waals surface area (Å²) in [6.45, 7) is 1.97. The Bertz CT molecular complexity index is 1390. The van der Waals surface area contributed by atoms with Gasteiger partial charge in [-0.15, -0.1) is 11.8 Å². The molecule has 2 atom stereocenters. The van der Waals surface area contributed by atoms with Crippen molar-refractivity contribution in [1.29, 1.82) is 0 Å². The molecule has 0 radical (unpaired) electrons. The zero-order chi connectivity index (χ0) is 26.6. The van der Waals surface area contributed by atoms with Gasteiger partial charge in [-0.05, 0) is 47.9 Å². The van der Waals surface area contributed by atoms with Crippen molar-refractivity contribution in [3.63, 3.8) is 0 Å². The zero-order valence-corrected chi connectivity index (χ0v) is 23.0. The molecule has 0 aliphatic carbocycles. The number of halogens is 2. The van der Waals surface area contributed by atoms with E-state index in [1.807, 2.05) is 85.8 Å². The Morgan fingerprint density at radius 1 is 0.842 bits per heavy atom. The third-order valence-electron chi connectivity index (χ3n) is 6.62. The lowest BCUT2D eigenvalue weighted by molar-refractivity contribution is -0.125. The van der Waals surface area contributed by atoms with Crippen LogP contribution in [0.2, 0.25) is 10.0 Å². The number of carbonyl (C=O) groups is 2. The highest BCUT2D eigenvalue weighted by molar-refractivity contribution is 7.99. The molecule has 0 spiro atoms. The number of aryl methyl sites for hydroxylation is 1. The lowest BCUT2D eigenvalue weighted by atomic mass is 9.98. The van der Waals surface area contributed by atoms with Crippen LogP contribution in [0.4, 0.5) is 0 Å². The number of hydrogen-bond donors (Lipinski definition) is 1. The summed E-state index contributed by atoms with van der Waals surface area (Å²) in [4.78, 5) is 29.5. The van der Waals surface area contributed by atoms with Crippen molar-refractivity contribution in [1.82, 2.24) is 10.2 Å². The molecule has 5 rings (SSSR count). The lowest BCUT2D eigenvalue weighted by Gasteiger charge is -2.31. The van der Waals surface area contributed by atoms with E-state index in [0.717, 1.165) is 22.3 Å². The first-order valence-corrected chi connectivity index (χ1v) is 14.1. The highest BCUT2D eigenvalue weighted by Gasteiger charge is 2.43. The van der Waals surface area contributed by atoms with Crippen LogP contribution in [-0.4, -0.2) is 28.5 Å². The van der Waals surface area contributed by atoms with Gasteiger partial charge in [-0.2, -0.15) is 0 Å². The first kappa shape index (κ1) is 26.4. The van der Waals surface area contributed by atoms with Gasteiger partial charge in [-0.25, -0.2) is 0 Å². The van der Waals surface area contributed by atoms with Gasteiger partial charge < -0.3 is 10.2 Å². The van der Waals surface area contributed by atoms with Crippen LogP contribution in [-0.2, 0) is 4.79 Å². The minimum absolute atomic E-state index is 0.206. The summed E-state index contributed by atoms with van der Waals surface area (Å²) in [6.07, 6.45) is 0. The average molecular weight is 562 g/mol.